The normalized spacial score (nSPS) is 24.0. The van der Waals surface area contributed by atoms with E-state index in [4.69, 9.17) is 9.97 Å². The van der Waals surface area contributed by atoms with E-state index in [1.54, 1.807) is 0 Å². The first-order valence-electron chi connectivity index (χ1n) is 8.17. The summed E-state index contributed by atoms with van der Waals surface area (Å²) in [5, 5.41) is 3.42. The monoisotopic (exact) mass is 289 g/mol. The molecule has 0 saturated carbocycles. The Balaban J connectivity index is 1.95. The predicted octanol–water partition coefficient (Wildman–Crippen LogP) is 1.34. The molecule has 2 aliphatic rings. The summed E-state index contributed by atoms with van der Waals surface area (Å²) >= 11 is 0. The zero-order chi connectivity index (χ0) is 14.8. The van der Waals surface area contributed by atoms with Crippen molar-refractivity contribution in [3.63, 3.8) is 0 Å². The van der Waals surface area contributed by atoms with E-state index in [0.717, 1.165) is 51.4 Å². The molecular weight excluding hydrogens is 262 g/mol. The number of aromatic nitrogens is 2. The summed E-state index contributed by atoms with van der Waals surface area (Å²) in [4.78, 5) is 14.7. The first kappa shape index (κ1) is 14.9. The first-order chi connectivity index (χ1) is 10.2. The lowest BCUT2D eigenvalue weighted by atomic mass is 10.1. The Hall–Kier alpha value is -1.04. The summed E-state index contributed by atoms with van der Waals surface area (Å²) < 4.78 is 0. The van der Waals surface area contributed by atoms with Gasteiger partial charge in [-0.05, 0) is 40.0 Å². The lowest BCUT2D eigenvalue weighted by Crippen LogP contribution is -2.32. The van der Waals surface area contributed by atoms with Crippen LogP contribution >= 0.6 is 0 Å². The van der Waals surface area contributed by atoms with Gasteiger partial charge >= 0.3 is 0 Å². The minimum absolute atomic E-state index is 0.319. The van der Waals surface area contributed by atoms with Crippen molar-refractivity contribution in [2.45, 2.75) is 45.3 Å². The highest BCUT2D eigenvalue weighted by Crippen LogP contribution is 2.25. The molecule has 3 rings (SSSR count). The van der Waals surface area contributed by atoms with Crippen LogP contribution in [0.3, 0.4) is 0 Å². The zero-order valence-electron chi connectivity index (χ0n) is 13.5. The highest BCUT2D eigenvalue weighted by molar-refractivity contribution is 5.30. The third kappa shape index (κ3) is 3.10. The van der Waals surface area contributed by atoms with Gasteiger partial charge in [-0.15, -0.1) is 0 Å². The molecular formula is C16H27N5. The predicted molar refractivity (Wildman–Crippen MR) is 84.1 cm³/mol. The van der Waals surface area contributed by atoms with Gasteiger partial charge in [0.2, 0.25) is 0 Å². The molecule has 2 aliphatic heterocycles. The van der Waals surface area contributed by atoms with Crippen LogP contribution in [0.2, 0.25) is 0 Å². The first-order valence-corrected chi connectivity index (χ1v) is 8.17. The van der Waals surface area contributed by atoms with E-state index in [1.807, 2.05) is 0 Å². The van der Waals surface area contributed by atoms with Crippen molar-refractivity contribution in [1.82, 2.24) is 25.1 Å². The molecule has 3 heterocycles. The van der Waals surface area contributed by atoms with Crippen molar-refractivity contribution in [2.75, 3.05) is 33.7 Å². The van der Waals surface area contributed by atoms with Crippen LogP contribution in [0.15, 0.2) is 0 Å². The number of aryl methyl sites for hydroxylation is 1. The number of rotatable bonds is 3. The summed E-state index contributed by atoms with van der Waals surface area (Å²) in [6.45, 7) is 7.36. The summed E-state index contributed by atoms with van der Waals surface area (Å²) in [6, 6.07) is 0.319. The average molecular weight is 289 g/mol. The third-order valence-electron chi connectivity index (χ3n) is 4.64. The van der Waals surface area contributed by atoms with Gasteiger partial charge in [0.05, 0.1) is 11.7 Å². The number of hydrogen-bond acceptors (Lipinski definition) is 5. The molecule has 0 amide bonds. The van der Waals surface area contributed by atoms with Gasteiger partial charge < -0.3 is 10.2 Å². The number of fused-ring (bicyclic) bond motifs is 1. The molecule has 0 spiro atoms. The summed E-state index contributed by atoms with van der Waals surface area (Å²) in [7, 11) is 4.41. The Morgan fingerprint density at radius 1 is 1.19 bits per heavy atom. The van der Waals surface area contributed by atoms with E-state index in [0.29, 0.717) is 6.04 Å². The van der Waals surface area contributed by atoms with Gasteiger partial charge in [0, 0.05) is 30.9 Å². The summed E-state index contributed by atoms with van der Waals surface area (Å²) in [5.74, 6) is 1.03. The molecule has 0 bridgehead atoms. The summed E-state index contributed by atoms with van der Waals surface area (Å²) in [6.07, 6.45) is 3.42. The van der Waals surface area contributed by atoms with Crippen LogP contribution in [0, 0.1) is 0 Å². The van der Waals surface area contributed by atoms with Crippen LogP contribution in [-0.4, -0.2) is 53.5 Å². The van der Waals surface area contributed by atoms with Gasteiger partial charge in [0.1, 0.15) is 5.82 Å². The number of nitrogens with zero attached hydrogens (tertiary/aromatic N) is 4. The van der Waals surface area contributed by atoms with Crippen LogP contribution < -0.4 is 5.32 Å². The van der Waals surface area contributed by atoms with Crippen LogP contribution in [0.1, 0.15) is 48.6 Å². The van der Waals surface area contributed by atoms with E-state index in [1.165, 1.54) is 23.4 Å². The minimum Gasteiger partial charge on any atom is -0.307 e. The van der Waals surface area contributed by atoms with Crippen LogP contribution in [0.25, 0.3) is 0 Å². The Labute approximate surface area is 127 Å². The fraction of sp³-hybridized carbons (Fsp3) is 0.750. The zero-order valence-corrected chi connectivity index (χ0v) is 13.5. The molecule has 1 N–H and O–H groups in total. The number of hydrogen-bond donors (Lipinski definition) is 1. The van der Waals surface area contributed by atoms with E-state index < -0.39 is 0 Å². The Morgan fingerprint density at radius 2 is 2.05 bits per heavy atom. The largest absolute Gasteiger partial charge is 0.307 e. The number of nitrogens with one attached hydrogen (secondary N) is 1. The standard InChI is InChI=1S/C16H27N5/c1-4-6-13-12-9-17-10-14(12)19-16(18-13)15-11-20(2)7-5-8-21(15)3/h15,17H,4-11H2,1-3H3. The van der Waals surface area contributed by atoms with Crippen LogP contribution in [0.4, 0.5) is 0 Å². The molecule has 21 heavy (non-hydrogen) atoms. The van der Waals surface area contributed by atoms with Gasteiger partial charge in [-0.2, -0.15) is 0 Å². The Morgan fingerprint density at radius 3 is 2.86 bits per heavy atom. The van der Waals surface area contributed by atoms with Gasteiger partial charge in [-0.1, -0.05) is 13.3 Å². The van der Waals surface area contributed by atoms with Gasteiger partial charge in [0.25, 0.3) is 0 Å². The number of likely N-dealkylation sites (N-methyl/N-ethyl adjacent to an activating group) is 2. The topological polar surface area (TPSA) is 44.3 Å². The van der Waals surface area contributed by atoms with Crippen molar-refractivity contribution < 1.29 is 0 Å². The summed E-state index contributed by atoms with van der Waals surface area (Å²) in [5.41, 5.74) is 3.84. The third-order valence-corrected chi connectivity index (χ3v) is 4.64. The van der Waals surface area contributed by atoms with E-state index >= 15 is 0 Å². The van der Waals surface area contributed by atoms with Crippen molar-refractivity contribution in [1.29, 1.82) is 0 Å². The van der Waals surface area contributed by atoms with Crippen molar-refractivity contribution >= 4 is 0 Å². The van der Waals surface area contributed by atoms with Crippen molar-refractivity contribution in [3.8, 4) is 0 Å². The van der Waals surface area contributed by atoms with Gasteiger partial charge in [-0.3, -0.25) is 4.90 Å². The van der Waals surface area contributed by atoms with Crippen LogP contribution in [0.5, 0.6) is 0 Å². The van der Waals surface area contributed by atoms with Crippen molar-refractivity contribution in [3.05, 3.63) is 22.8 Å². The van der Waals surface area contributed by atoms with E-state index in [-0.39, 0.29) is 0 Å². The van der Waals surface area contributed by atoms with Gasteiger partial charge in [0.15, 0.2) is 0 Å². The lowest BCUT2D eigenvalue weighted by Gasteiger charge is -2.27. The van der Waals surface area contributed by atoms with Crippen molar-refractivity contribution in [2.24, 2.45) is 0 Å². The minimum atomic E-state index is 0.319. The molecule has 0 radical (unpaired) electrons. The quantitative estimate of drug-likeness (QED) is 0.910. The molecule has 5 heteroatoms. The SMILES string of the molecule is CCCc1nc(C2CN(C)CCCN2C)nc2c1CNC2. The second kappa shape index (κ2) is 6.38. The highest BCUT2D eigenvalue weighted by atomic mass is 15.2. The maximum Gasteiger partial charge on any atom is 0.147 e. The van der Waals surface area contributed by atoms with Gasteiger partial charge in [-0.25, -0.2) is 9.97 Å². The molecule has 1 fully saturated rings. The molecule has 1 saturated heterocycles. The smallest absolute Gasteiger partial charge is 0.147 e. The highest BCUT2D eigenvalue weighted by Gasteiger charge is 2.27. The molecule has 1 aromatic rings. The van der Waals surface area contributed by atoms with Crippen LogP contribution in [-0.2, 0) is 19.5 Å². The molecule has 1 aromatic heterocycles. The maximum absolute atomic E-state index is 4.96. The Kier molecular flexibility index (Phi) is 4.52. The fourth-order valence-corrected chi connectivity index (χ4v) is 3.40. The molecule has 1 unspecified atom stereocenters. The van der Waals surface area contributed by atoms with E-state index in [9.17, 15) is 0 Å². The molecule has 0 aliphatic carbocycles. The second-order valence-electron chi connectivity index (χ2n) is 6.42. The second-order valence-corrected chi connectivity index (χ2v) is 6.42. The average Bonchev–Trinajstić information content (AvgIpc) is 2.86. The fourth-order valence-electron chi connectivity index (χ4n) is 3.40. The molecule has 1 atom stereocenters. The maximum atomic E-state index is 4.96. The lowest BCUT2D eigenvalue weighted by molar-refractivity contribution is 0.219. The molecule has 0 aromatic carbocycles. The molecule has 116 valence electrons. The molecule has 5 nitrogen and oxygen atoms in total. The van der Waals surface area contributed by atoms with E-state index in [2.05, 4.69) is 36.1 Å². The Bertz CT molecular complexity index is 502.